The number of carbonyl (C=O) groups is 1. The third kappa shape index (κ3) is 3.83. The maximum Gasteiger partial charge on any atom is 0.287 e. The van der Waals surface area contributed by atoms with Gasteiger partial charge >= 0.3 is 0 Å². The first kappa shape index (κ1) is 17.5. The van der Waals surface area contributed by atoms with Crippen LogP contribution in [0.4, 0.5) is 4.39 Å². The fourth-order valence-corrected chi connectivity index (χ4v) is 2.87. The van der Waals surface area contributed by atoms with Crippen molar-refractivity contribution in [2.75, 3.05) is 14.1 Å². The van der Waals surface area contributed by atoms with Crippen LogP contribution >= 0.6 is 11.6 Å². The Morgan fingerprint density at radius 2 is 2.00 bits per heavy atom. The van der Waals surface area contributed by atoms with E-state index in [-0.39, 0.29) is 17.5 Å². The summed E-state index contributed by atoms with van der Waals surface area (Å²) >= 11 is 5.77. The average molecular weight is 361 g/mol. The molecule has 25 heavy (non-hydrogen) atoms. The number of rotatable bonds is 5. The highest BCUT2D eigenvalue weighted by molar-refractivity contribution is 6.30. The van der Waals surface area contributed by atoms with Gasteiger partial charge in [-0.15, -0.1) is 0 Å². The predicted octanol–water partition coefficient (Wildman–Crippen LogP) is 4.22. The van der Waals surface area contributed by atoms with Crippen LogP contribution < -0.4 is 5.32 Å². The minimum atomic E-state index is -0.484. The highest BCUT2D eigenvalue weighted by Crippen LogP contribution is 2.27. The maximum absolute atomic E-state index is 13.2. The summed E-state index contributed by atoms with van der Waals surface area (Å²) in [6, 6.07) is 11.9. The zero-order chi connectivity index (χ0) is 18.0. The zero-order valence-corrected chi connectivity index (χ0v) is 14.7. The van der Waals surface area contributed by atoms with Gasteiger partial charge in [0.25, 0.3) is 5.91 Å². The van der Waals surface area contributed by atoms with Gasteiger partial charge < -0.3 is 14.6 Å². The fraction of sp³-hybridized carbons (Fsp3) is 0.211. The van der Waals surface area contributed by atoms with Gasteiger partial charge in [-0.05, 0) is 37.9 Å². The molecule has 0 saturated heterocycles. The van der Waals surface area contributed by atoms with Crippen LogP contribution in [-0.2, 0) is 13.1 Å². The van der Waals surface area contributed by atoms with Crippen molar-refractivity contribution in [3.8, 4) is 0 Å². The van der Waals surface area contributed by atoms with Crippen molar-refractivity contribution in [1.82, 2.24) is 10.2 Å². The minimum absolute atomic E-state index is 0.0313. The molecule has 0 spiro atoms. The molecule has 2 aromatic carbocycles. The molecule has 130 valence electrons. The number of benzene rings is 2. The molecule has 6 heteroatoms. The van der Waals surface area contributed by atoms with Crippen molar-refractivity contribution in [2.45, 2.75) is 13.1 Å². The average Bonchev–Trinajstić information content (AvgIpc) is 2.94. The molecule has 3 aromatic rings. The summed E-state index contributed by atoms with van der Waals surface area (Å²) in [5, 5.41) is 3.76. The molecular weight excluding hydrogens is 343 g/mol. The van der Waals surface area contributed by atoms with Gasteiger partial charge in [-0.3, -0.25) is 4.79 Å². The topological polar surface area (TPSA) is 45.5 Å². The molecule has 0 saturated carbocycles. The summed E-state index contributed by atoms with van der Waals surface area (Å²) in [5.74, 6) is -0.501. The molecular formula is C19H18ClFN2O2. The van der Waals surface area contributed by atoms with E-state index < -0.39 is 5.82 Å². The quantitative estimate of drug-likeness (QED) is 0.741. The first-order valence-electron chi connectivity index (χ1n) is 7.83. The Labute approximate surface area is 150 Å². The van der Waals surface area contributed by atoms with Crippen LogP contribution in [0.5, 0.6) is 0 Å². The van der Waals surface area contributed by atoms with Crippen LogP contribution in [0, 0.1) is 5.82 Å². The SMILES string of the molecule is CN(C)Cc1c(C(=O)NCc2ccc(F)c(Cl)c2)oc2ccccc12. The van der Waals surface area contributed by atoms with E-state index in [0.717, 1.165) is 10.9 Å². The molecule has 1 aromatic heterocycles. The number of nitrogens with one attached hydrogen (secondary N) is 1. The lowest BCUT2D eigenvalue weighted by molar-refractivity contribution is 0.0923. The van der Waals surface area contributed by atoms with Crippen molar-refractivity contribution >= 4 is 28.5 Å². The third-order valence-corrected chi connectivity index (χ3v) is 4.11. The van der Waals surface area contributed by atoms with Gasteiger partial charge in [0.15, 0.2) is 5.76 Å². The Balaban J connectivity index is 1.84. The van der Waals surface area contributed by atoms with E-state index in [9.17, 15) is 9.18 Å². The molecule has 0 aliphatic carbocycles. The molecule has 0 fully saturated rings. The summed E-state index contributed by atoms with van der Waals surface area (Å²) in [4.78, 5) is 14.6. The highest BCUT2D eigenvalue weighted by Gasteiger charge is 2.20. The van der Waals surface area contributed by atoms with E-state index in [2.05, 4.69) is 5.32 Å². The minimum Gasteiger partial charge on any atom is -0.451 e. The Bertz CT molecular complexity index is 921. The molecule has 1 heterocycles. The zero-order valence-electron chi connectivity index (χ0n) is 14.0. The Kier molecular flexibility index (Phi) is 5.06. The summed E-state index contributed by atoms with van der Waals surface area (Å²) in [5.41, 5.74) is 2.23. The molecule has 1 amide bonds. The second-order valence-corrected chi connectivity index (χ2v) is 6.48. The molecule has 4 nitrogen and oxygen atoms in total. The first-order valence-corrected chi connectivity index (χ1v) is 8.21. The standard InChI is InChI=1S/C19H18ClFN2O2/c1-23(2)11-14-13-5-3-4-6-17(13)25-18(14)19(24)22-10-12-7-8-16(21)15(20)9-12/h3-9H,10-11H2,1-2H3,(H,22,24). The van der Waals surface area contributed by atoms with E-state index >= 15 is 0 Å². The lowest BCUT2D eigenvalue weighted by Gasteiger charge is -2.10. The first-order chi connectivity index (χ1) is 12.0. The summed E-state index contributed by atoms with van der Waals surface area (Å²) in [7, 11) is 3.87. The van der Waals surface area contributed by atoms with E-state index in [1.54, 1.807) is 6.07 Å². The summed E-state index contributed by atoms with van der Waals surface area (Å²) < 4.78 is 19.0. The molecule has 0 bridgehead atoms. The largest absolute Gasteiger partial charge is 0.451 e. The van der Waals surface area contributed by atoms with Crippen molar-refractivity contribution in [3.63, 3.8) is 0 Å². The number of nitrogens with zero attached hydrogens (tertiary/aromatic N) is 1. The van der Waals surface area contributed by atoms with E-state index in [1.807, 2.05) is 43.3 Å². The third-order valence-electron chi connectivity index (χ3n) is 3.82. The Morgan fingerprint density at radius 1 is 1.24 bits per heavy atom. The lowest BCUT2D eigenvalue weighted by Crippen LogP contribution is -2.24. The van der Waals surface area contributed by atoms with E-state index in [0.29, 0.717) is 23.5 Å². The van der Waals surface area contributed by atoms with E-state index in [4.69, 9.17) is 16.0 Å². The van der Waals surface area contributed by atoms with Gasteiger partial charge in [0, 0.05) is 24.0 Å². The molecule has 0 unspecified atom stereocenters. The number of carbonyl (C=O) groups excluding carboxylic acids is 1. The number of hydrogen-bond acceptors (Lipinski definition) is 3. The van der Waals surface area contributed by atoms with Gasteiger partial charge in [-0.25, -0.2) is 4.39 Å². The van der Waals surface area contributed by atoms with Crippen LogP contribution in [0.3, 0.4) is 0 Å². The monoisotopic (exact) mass is 360 g/mol. The van der Waals surface area contributed by atoms with Gasteiger partial charge in [0.1, 0.15) is 11.4 Å². The highest BCUT2D eigenvalue weighted by atomic mass is 35.5. The maximum atomic E-state index is 13.2. The molecule has 3 rings (SSSR count). The van der Waals surface area contributed by atoms with Crippen LogP contribution in [0.15, 0.2) is 46.9 Å². The van der Waals surface area contributed by atoms with Gasteiger partial charge in [0.2, 0.25) is 0 Å². The lowest BCUT2D eigenvalue weighted by atomic mass is 10.1. The molecule has 0 aliphatic rings. The van der Waals surface area contributed by atoms with Crippen LogP contribution in [0.25, 0.3) is 11.0 Å². The van der Waals surface area contributed by atoms with Crippen molar-refractivity contribution < 1.29 is 13.6 Å². The number of para-hydroxylation sites is 1. The number of hydrogen-bond donors (Lipinski definition) is 1. The Hall–Kier alpha value is -2.37. The fourth-order valence-electron chi connectivity index (χ4n) is 2.67. The van der Waals surface area contributed by atoms with Crippen molar-refractivity contribution in [1.29, 1.82) is 0 Å². The summed E-state index contributed by atoms with van der Waals surface area (Å²) in [6.07, 6.45) is 0. The molecule has 1 N–H and O–H groups in total. The van der Waals surface area contributed by atoms with Gasteiger partial charge in [-0.1, -0.05) is 35.9 Å². The second-order valence-electron chi connectivity index (χ2n) is 6.07. The number of fused-ring (bicyclic) bond motifs is 1. The predicted molar refractivity (Wildman–Crippen MR) is 96.2 cm³/mol. The van der Waals surface area contributed by atoms with Crippen LogP contribution in [0.2, 0.25) is 5.02 Å². The van der Waals surface area contributed by atoms with E-state index in [1.165, 1.54) is 12.1 Å². The molecule has 0 radical (unpaired) electrons. The number of halogens is 2. The summed E-state index contributed by atoms with van der Waals surface area (Å²) in [6.45, 7) is 0.819. The van der Waals surface area contributed by atoms with Crippen LogP contribution in [0.1, 0.15) is 21.7 Å². The second kappa shape index (κ2) is 7.25. The number of amides is 1. The van der Waals surface area contributed by atoms with Crippen molar-refractivity contribution in [2.24, 2.45) is 0 Å². The van der Waals surface area contributed by atoms with Crippen LogP contribution in [-0.4, -0.2) is 24.9 Å². The number of furan rings is 1. The smallest absolute Gasteiger partial charge is 0.287 e. The molecule has 0 aliphatic heterocycles. The van der Waals surface area contributed by atoms with Gasteiger partial charge in [0.05, 0.1) is 5.02 Å². The van der Waals surface area contributed by atoms with Crippen molar-refractivity contribution in [3.05, 3.63) is 70.2 Å². The Morgan fingerprint density at radius 3 is 2.72 bits per heavy atom. The normalized spacial score (nSPS) is 11.2. The molecule has 0 atom stereocenters. The van der Waals surface area contributed by atoms with Gasteiger partial charge in [-0.2, -0.15) is 0 Å².